The van der Waals surface area contributed by atoms with Crippen LogP contribution < -0.4 is 4.72 Å². The molecule has 2 aromatic rings. The molecule has 132 valence electrons. The standard InChI is InChI=1S/C17H20N4O3S/c1-2-9-20-25(23,24)14-7-5-13(6-8-14)17(22)21-12-3-4-15(21)16-18-10-11-19-16/h2,5-8,10-11,15,20H,1,3-4,9,12H2,(H,18,19)/t15-/m1/s1. The molecule has 0 unspecified atom stereocenters. The molecule has 2 heterocycles. The third-order valence-electron chi connectivity index (χ3n) is 4.18. The van der Waals surface area contributed by atoms with Gasteiger partial charge in [-0.1, -0.05) is 6.08 Å². The van der Waals surface area contributed by atoms with Gasteiger partial charge in [0.25, 0.3) is 5.91 Å². The first-order valence-electron chi connectivity index (χ1n) is 8.04. The molecule has 2 N–H and O–H groups in total. The van der Waals surface area contributed by atoms with Crippen LogP contribution in [0.1, 0.15) is 35.1 Å². The molecule has 1 fully saturated rings. The lowest BCUT2D eigenvalue weighted by molar-refractivity contribution is 0.0730. The number of hydrogen-bond acceptors (Lipinski definition) is 4. The van der Waals surface area contributed by atoms with Gasteiger partial charge < -0.3 is 9.88 Å². The second-order valence-electron chi connectivity index (χ2n) is 5.80. The summed E-state index contributed by atoms with van der Waals surface area (Å²) in [7, 11) is -3.59. The highest BCUT2D eigenvalue weighted by atomic mass is 32.2. The molecule has 1 atom stereocenters. The lowest BCUT2D eigenvalue weighted by atomic mass is 10.1. The predicted molar refractivity (Wildman–Crippen MR) is 93.4 cm³/mol. The van der Waals surface area contributed by atoms with Crippen molar-refractivity contribution in [1.29, 1.82) is 0 Å². The van der Waals surface area contributed by atoms with Crippen LogP contribution in [0.2, 0.25) is 0 Å². The number of nitrogens with one attached hydrogen (secondary N) is 2. The number of amides is 1. The Morgan fingerprint density at radius 3 is 2.80 bits per heavy atom. The van der Waals surface area contributed by atoms with E-state index >= 15 is 0 Å². The maximum atomic E-state index is 12.8. The zero-order valence-corrected chi connectivity index (χ0v) is 14.5. The average molecular weight is 360 g/mol. The minimum atomic E-state index is -3.59. The van der Waals surface area contributed by atoms with E-state index in [1.54, 1.807) is 29.4 Å². The monoisotopic (exact) mass is 360 g/mol. The number of carbonyl (C=O) groups is 1. The number of hydrogen-bond donors (Lipinski definition) is 2. The molecule has 3 rings (SSSR count). The van der Waals surface area contributed by atoms with E-state index in [-0.39, 0.29) is 23.4 Å². The maximum Gasteiger partial charge on any atom is 0.254 e. The minimum Gasteiger partial charge on any atom is -0.347 e. The Kier molecular flexibility index (Phi) is 5.00. The van der Waals surface area contributed by atoms with Crippen LogP contribution in [0.5, 0.6) is 0 Å². The highest BCUT2D eigenvalue weighted by molar-refractivity contribution is 7.89. The molecule has 8 heteroatoms. The Bertz CT molecular complexity index is 845. The van der Waals surface area contributed by atoms with E-state index in [0.29, 0.717) is 12.1 Å². The van der Waals surface area contributed by atoms with Crippen molar-refractivity contribution in [2.24, 2.45) is 0 Å². The summed E-state index contributed by atoms with van der Waals surface area (Å²) >= 11 is 0. The van der Waals surface area contributed by atoms with Crippen molar-refractivity contribution < 1.29 is 13.2 Å². The van der Waals surface area contributed by atoms with Gasteiger partial charge in [0, 0.05) is 31.0 Å². The second-order valence-corrected chi connectivity index (χ2v) is 7.56. The van der Waals surface area contributed by atoms with Crippen molar-refractivity contribution in [3.05, 3.63) is 60.7 Å². The van der Waals surface area contributed by atoms with Crippen LogP contribution in [0.4, 0.5) is 0 Å². The zero-order valence-electron chi connectivity index (χ0n) is 13.7. The molecule has 25 heavy (non-hydrogen) atoms. The van der Waals surface area contributed by atoms with Crippen LogP contribution >= 0.6 is 0 Å². The number of aromatic nitrogens is 2. The molecule has 1 amide bonds. The fourth-order valence-electron chi connectivity index (χ4n) is 2.95. The van der Waals surface area contributed by atoms with Crippen LogP contribution in [0, 0.1) is 0 Å². The lowest BCUT2D eigenvalue weighted by Gasteiger charge is -2.23. The Balaban J connectivity index is 1.78. The molecule has 0 bridgehead atoms. The SMILES string of the molecule is C=CCNS(=O)(=O)c1ccc(C(=O)N2CCC[C@@H]2c2ncc[nH]2)cc1. The molecule has 1 aliphatic rings. The van der Waals surface area contributed by atoms with Gasteiger partial charge in [-0.05, 0) is 37.1 Å². The summed E-state index contributed by atoms with van der Waals surface area (Å²) in [4.78, 5) is 22.0. The summed E-state index contributed by atoms with van der Waals surface area (Å²) in [5.41, 5.74) is 0.459. The number of benzene rings is 1. The number of nitrogens with zero attached hydrogens (tertiary/aromatic N) is 2. The molecular weight excluding hydrogens is 340 g/mol. The molecule has 0 spiro atoms. The maximum absolute atomic E-state index is 12.8. The first kappa shape index (κ1) is 17.4. The molecule has 1 aliphatic heterocycles. The van der Waals surface area contributed by atoms with Gasteiger partial charge in [-0.15, -0.1) is 6.58 Å². The topological polar surface area (TPSA) is 95.2 Å². The largest absolute Gasteiger partial charge is 0.347 e. The predicted octanol–water partition coefficient (Wildman–Crippen LogP) is 1.85. The van der Waals surface area contributed by atoms with Gasteiger partial charge in [-0.25, -0.2) is 18.1 Å². The molecule has 0 saturated carbocycles. The molecule has 1 aromatic heterocycles. The molecule has 0 radical (unpaired) electrons. The Hall–Kier alpha value is -2.45. The summed E-state index contributed by atoms with van der Waals surface area (Å²) in [5, 5.41) is 0. The molecular formula is C17H20N4O3S. The number of sulfonamides is 1. The first-order valence-corrected chi connectivity index (χ1v) is 9.52. The van der Waals surface area contributed by atoms with Crippen molar-refractivity contribution in [2.45, 2.75) is 23.8 Å². The Morgan fingerprint density at radius 2 is 2.16 bits per heavy atom. The van der Waals surface area contributed by atoms with Gasteiger partial charge in [0.15, 0.2) is 0 Å². The summed E-state index contributed by atoms with van der Waals surface area (Å²) in [6.45, 7) is 4.29. The van der Waals surface area contributed by atoms with Crippen molar-refractivity contribution >= 4 is 15.9 Å². The summed E-state index contributed by atoms with van der Waals surface area (Å²) in [6, 6.07) is 5.90. The van der Waals surface area contributed by atoms with E-state index in [0.717, 1.165) is 18.7 Å². The summed E-state index contributed by atoms with van der Waals surface area (Å²) < 4.78 is 26.5. The van der Waals surface area contributed by atoms with Crippen molar-refractivity contribution in [2.75, 3.05) is 13.1 Å². The van der Waals surface area contributed by atoms with Crippen molar-refractivity contribution in [1.82, 2.24) is 19.6 Å². The van der Waals surface area contributed by atoms with Crippen LogP contribution in [0.3, 0.4) is 0 Å². The van der Waals surface area contributed by atoms with Gasteiger partial charge in [0.2, 0.25) is 10.0 Å². The Morgan fingerprint density at radius 1 is 1.40 bits per heavy atom. The fourth-order valence-corrected chi connectivity index (χ4v) is 3.95. The number of H-pyrrole nitrogens is 1. The molecule has 7 nitrogen and oxygen atoms in total. The molecule has 0 aliphatic carbocycles. The van der Waals surface area contributed by atoms with E-state index in [4.69, 9.17) is 0 Å². The highest BCUT2D eigenvalue weighted by Gasteiger charge is 2.32. The average Bonchev–Trinajstić information content (AvgIpc) is 3.30. The first-order chi connectivity index (χ1) is 12.0. The van der Waals surface area contributed by atoms with E-state index in [9.17, 15) is 13.2 Å². The third kappa shape index (κ3) is 3.64. The van der Waals surface area contributed by atoms with E-state index in [1.165, 1.54) is 18.2 Å². The quantitative estimate of drug-likeness (QED) is 0.769. The van der Waals surface area contributed by atoms with Crippen LogP contribution in [-0.4, -0.2) is 42.3 Å². The van der Waals surface area contributed by atoms with Crippen LogP contribution in [0.25, 0.3) is 0 Å². The minimum absolute atomic E-state index is 0.0693. The van der Waals surface area contributed by atoms with Gasteiger partial charge in [0.1, 0.15) is 5.82 Å². The fraction of sp³-hybridized carbons (Fsp3) is 0.294. The zero-order chi connectivity index (χ0) is 17.9. The molecule has 1 aromatic carbocycles. The third-order valence-corrected chi connectivity index (χ3v) is 5.62. The summed E-state index contributed by atoms with van der Waals surface area (Å²) in [5.74, 6) is 0.653. The number of imidazole rings is 1. The van der Waals surface area contributed by atoms with Crippen molar-refractivity contribution in [3.63, 3.8) is 0 Å². The Labute approximate surface area is 146 Å². The van der Waals surface area contributed by atoms with E-state index in [1.807, 2.05) is 0 Å². The number of carbonyl (C=O) groups excluding carboxylic acids is 1. The van der Waals surface area contributed by atoms with Gasteiger partial charge in [-0.3, -0.25) is 4.79 Å². The molecule has 1 saturated heterocycles. The van der Waals surface area contributed by atoms with Gasteiger partial charge in [0.05, 0.1) is 10.9 Å². The number of aromatic amines is 1. The normalized spacial score (nSPS) is 17.6. The van der Waals surface area contributed by atoms with Gasteiger partial charge in [-0.2, -0.15) is 0 Å². The number of likely N-dealkylation sites (tertiary alicyclic amines) is 1. The van der Waals surface area contributed by atoms with Crippen molar-refractivity contribution in [3.8, 4) is 0 Å². The van der Waals surface area contributed by atoms with Crippen LogP contribution in [-0.2, 0) is 10.0 Å². The second kappa shape index (κ2) is 7.20. The van der Waals surface area contributed by atoms with Crippen LogP contribution in [0.15, 0.2) is 54.2 Å². The lowest BCUT2D eigenvalue weighted by Crippen LogP contribution is -2.31. The smallest absolute Gasteiger partial charge is 0.254 e. The van der Waals surface area contributed by atoms with Gasteiger partial charge >= 0.3 is 0 Å². The number of rotatable bonds is 6. The van der Waals surface area contributed by atoms with E-state index in [2.05, 4.69) is 21.3 Å². The van der Waals surface area contributed by atoms with E-state index < -0.39 is 10.0 Å². The highest BCUT2D eigenvalue weighted by Crippen LogP contribution is 2.31. The summed E-state index contributed by atoms with van der Waals surface area (Å²) in [6.07, 6.45) is 6.66.